The van der Waals surface area contributed by atoms with Crippen LogP contribution in [0.5, 0.6) is 0 Å². The summed E-state index contributed by atoms with van der Waals surface area (Å²) in [5.74, 6) is 1.37. The first-order chi connectivity index (χ1) is 9.04. The number of anilines is 1. The molecular weight excluding hydrogens is 238 g/mol. The van der Waals surface area contributed by atoms with E-state index in [0.717, 1.165) is 30.9 Å². The summed E-state index contributed by atoms with van der Waals surface area (Å²) in [6.45, 7) is 6.53. The van der Waals surface area contributed by atoms with Gasteiger partial charge < -0.3 is 4.74 Å². The number of amides is 1. The maximum absolute atomic E-state index is 11.8. The summed E-state index contributed by atoms with van der Waals surface area (Å²) in [6, 6.07) is 7.73. The van der Waals surface area contributed by atoms with E-state index in [1.807, 2.05) is 31.2 Å². The van der Waals surface area contributed by atoms with Crippen LogP contribution in [0.4, 0.5) is 10.5 Å². The zero-order chi connectivity index (χ0) is 13.8. The van der Waals surface area contributed by atoms with Crippen molar-refractivity contribution < 1.29 is 9.53 Å². The second kappa shape index (κ2) is 6.09. The van der Waals surface area contributed by atoms with Gasteiger partial charge >= 0.3 is 6.09 Å². The molecule has 1 N–H and O–H groups in total. The molecule has 3 nitrogen and oxygen atoms in total. The Bertz CT molecular complexity index is 427. The van der Waals surface area contributed by atoms with E-state index < -0.39 is 0 Å². The van der Waals surface area contributed by atoms with Gasteiger partial charge in [0, 0.05) is 5.69 Å². The minimum atomic E-state index is -0.337. The molecule has 0 spiro atoms. The van der Waals surface area contributed by atoms with E-state index in [4.69, 9.17) is 4.74 Å². The Balaban J connectivity index is 1.83. The molecule has 0 aliphatic heterocycles. The van der Waals surface area contributed by atoms with Gasteiger partial charge in [-0.25, -0.2) is 4.79 Å². The molecule has 104 valence electrons. The zero-order valence-corrected chi connectivity index (χ0v) is 12.0. The molecule has 2 rings (SSSR count). The summed E-state index contributed by atoms with van der Waals surface area (Å²) in [5, 5.41) is 2.78. The number of carbonyl (C=O) groups is 1. The van der Waals surface area contributed by atoms with Crippen LogP contribution in [-0.4, -0.2) is 12.2 Å². The van der Waals surface area contributed by atoms with Crippen molar-refractivity contribution in [3.8, 4) is 0 Å². The van der Waals surface area contributed by atoms with Crippen molar-refractivity contribution in [2.24, 2.45) is 11.8 Å². The molecule has 0 bridgehead atoms. The van der Waals surface area contributed by atoms with Gasteiger partial charge in [0.05, 0.1) is 0 Å². The molecule has 3 atom stereocenters. The Kier molecular flexibility index (Phi) is 4.46. The van der Waals surface area contributed by atoms with Gasteiger partial charge in [0.25, 0.3) is 0 Å². The van der Waals surface area contributed by atoms with Crippen molar-refractivity contribution >= 4 is 11.8 Å². The Hall–Kier alpha value is -1.51. The summed E-state index contributed by atoms with van der Waals surface area (Å²) < 4.78 is 5.49. The molecule has 19 heavy (non-hydrogen) atoms. The van der Waals surface area contributed by atoms with E-state index in [1.54, 1.807) is 0 Å². The largest absolute Gasteiger partial charge is 0.446 e. The highest BCUT2D eigenvalue weighted by molar-refractivity contribution is 5.84. The lowest BCUT2D eigenvalue weighted by Gasteiger charge is -2.31. The number of nitrogens with one attached hydrogen (secondary N) is 1. The zero-order valence-electron chi connectivity index (χ0n) is 12.0. The summed E-state index contributed by atoms with van der Waals surface area (Å²) in [6.07, 6.45) is 2.83. The molecule has 1 amide bonds. The fourth-order valence-corrected chi connectivity index (χ4v) is 2.54. The van der Waals surface area contributed by atoms with E-state index >= 15 is 0 Å². The Morgan fingerprint density at radius 3 is 2.47 bits per heavy atom. The molecule has 0 radical (unpaired) electrons. The van der Waals surface area contributed by atoms with Gasteiger partial charge in [-0.1, -0.05) is 31.5 Å². The van der Waals surface area contributed by atoms with Crippen LogP contribution in [0, 0.1) is 18.8 Å². The van der Waals surface area contributed by atoms with Crippen molar-refractivity contribution in [2.45, 2.75) is 46.1 Å². The smallest absolute Gasteiger partial charge is 0.411 e. The summed E-state index contributed by atoms with van der Waals surface area (Å²) in [7, 11) is 0. The molecule has 1 fully saturated rings. The molecule has 3 unspecified atom stereocenters. The standard InChI is InChI=1S/C16H23NO2/c1-11-4-7-14(8-5-11)17-16(18)19-15-9-6-12(2)13(3)10-15/h4-5,7-8,12-13,15H,6,9-10H2,1-3H3,(H,17,18). The van der Waals surface area contributed by atoms with Crippen LogP contribution < -0.4 is 5.32 Å². The molecule has 1 aliphatic rings. The summed E-state index contributed by atoms with van der Waals surface area (Å²) in [5.41, 5.74) is 1.96. The Morgan fingerprint density at radius 2 is 1.84 bits per heavy atom. The quantitative estimate of drug-likeness (QED) is 0.858. The number of aryl methyl sites for hydroxylation is 1. The molecule has 1 saturated carbocycles. The lowest BCUT2D eigenvalue weighted by molar-refractivity contribution is 0.0560. The fourth-order valence-electron chi connectivity index (χ4n) is 2.54. The highest BCUT2D eigenvalue weighted by atomic mass is 16.6. The van der Waals surface area contributed by atoms with Crippen LogP contribution in [0.15, 0.2) is 24.3 Å². The average molecular weight is 261 g/mol. The van der Waals surface area contributed by atoms with Crippen LogP contribution in [0.1, 0.15) is 38.7 Å². The monoisotopic (exact) mass is 261 g/mol. The topological polar surface area (TPSA) is 38.3 Å². The number of rotatable bonds is 2. The molecule has 0 aromatic heterocycles. The van der Waals surface area contributed by atoms with Crippen LogP contribution in [0.25, 0.3) is 0 Å². The lowest BCUT2D eigenvalue weighted by atomic mass is 9.80. The van der Waals surface area contributed by atoms with E-state index in [1.165, 1.54) is 5.56 Å². The van der Waals surface area contributed by atoms with Crippen molar-refractivity contribution in [3.63, 3.8) is 0 Å². The Morgan fingerprint density at radius 1 is 1.16 bits per heavy atom. The van der Waals surface area contributed by atoms with E-state index in [2.05, 4.69) is 19.2 Å². The van der Waals surface area contributed by atoms with Crippen LogP contribution in [0.2, 0.25) is 0 Å². The third kappa shape index (κ3) is 3.98. The van der Waals surface area contributed by atoms with Crippen LogP contribution >= 0.6 is 0 Å². The highest BCUT2D eigenvalue weighted by Gasteiger charge is 2.26. The van der Waals surface area contributed by atoms with Gasteiger partial charge in [0.1, 0.15) is 6.10 Å². The van der Waals surface area contributed by atoms with Crippen molar-refractivity contribution in [2.75, 3.05) is 5.32 Å². The maximum Gasteiger partial charge on any atom is 0.411 e. The number of ether oxygens (including phenoxy) is 1. The number of hydrogen-bond acceptors (Lipinski definition) is 2. The summed E-state index contributed by atoms with van der Waals surface area (Å²) in [4.78, 5) is 11.8. The van der Waals surface area contributed by atoms with Gasteiger partial charge in [0.2, 0.25) is 0 Å². The normalized spacial score (nSPS) is 26.8. The third-order valence-corrected chi connectivity index (χ3v) is 4.12. The fraction of sp³-hybridized carbons (Fsp3) is 0.562. The number of hydrogen-bond donors (Lipinski definition) is 1. The van der Waals surface area contributed by atoms with E-state index in [9.17, 15) is 4.79 Å². The first kappa shape index (κ1) is 13.9. The molecule has 1 aromatic carbocycles. The first-order valence-electron chi connectivity index (χ1n) is 7.09. The molecule has 3 heteroatoms. The average Bonchev–Trinajstić information content (AvgIpc) is 2.37. The molecule has 1 aromatic rings. The van der Waals surface area contributed by atoms with Crippen LogP contribution in [-0.2, 0) is 4.74 Å². The van der Waals surface area contributed by atoms with E-state index in [0.29, 0.717) is 5.92 Å². The van der Waals surface area contributed by atoms with Gasteiger partial charge in [-0.2, -0.15) is 0 Å². The minimum absolute atomic E-state index is 0.0663. The second-order valence-electron chi connectivity index (χ2n) is 5.79. The predicted molar refractivity (Wildman–Crippen MR) is 77.2 cm³/mol. The summed E-state index contributed by atoms with van der Waals surface area (Å²) >= 11 is 0. The lowest BCUT2D eigenvalue weighted by Crippen LogP contribution is -2.30. The van der Waals surface area contributed by atoms with Gasteiger partial charge in [-0.15, -0.1) is 0 Å². The van der Waals surface area contributed by atoms with Gasteiger partial charge in [-0.3, -0.25) is 5.32 Å². The molecular formula is C16H23NO2. The van der Waals surface area contributed by atoms with Crippen molar-refractivity contribution in [1.29, 1.82) is 0 Å². The SMILES string of the molecule is Cc1ccc(NC(=O)OC2CCC(C)C(C)C2)cc1. The van der Waals surface area contributed by atoms with E-state index in [-0.39, 0.29) is 12.2 Å². The number of benzene rings is 1. The van der Waals surface area contributed by atoms with Gasteiger partial charge in [-0.05, 0) is 50.2 Å². The van der Waals surface area contributed by atoms with Crippen molar-refractivity contribution in [3.05, 3.63) is 29.8 Å². The van der Waals surface area contributed by atoms with Gasteiger partial charge in [0.15, 0.2) is 0 Å². The minimum Gasteiger partial charge on any atom is -0.446 e. The van der Waals surface area contributed by atoms with Crippen LogP contribution in [0.3, 0.4) is 0 Å². The Labute approximate surface area is 115 Å². The molecule has 1 aliphatic carbocycles. The molecule has 0 heterocycles. The molecule has 0 saturated heterocycles. The number of carbonyl (C=O) groups excluding carboxylic acids is 1. The maximum atomic E-state index is 11.8. The highest BCUT2D eigenvalue weighted by Crippen LogP contribution is 2.31. The predicted octanol–water partition coefficient (Wildman–Crippen LogP) is 4.37. The second-order valence-corrected chi connectivity index (χ2v) is 5.79. The van der Waals surface area contributed by atoms with Crippen molar-refractivity contribution in [1.82, 2.24) is 0 Å². The third-order valence-electron chi connectivity index (χ3n) is 4.12. The first-order valence-corrected chi connectivity index (χ1v) is 7.09.